The van der Waals surface area contributed by atoms with Gasteiger partial charge in [0, 0.05) is 38.3 Å². The Hall–Kier alpha value is -2.62. The molecule has 1 aromatic carbocycles. The minimum absolute atomic E-state index is 0.0413. The number of fused-ring (bicyclic) bond motifs is 1. The Morgan fingerprint density at radius 3 is 2.21 bits per heavy atom. The maximum atomic E-state index is 13.3. The number of nitrogens with zero attached hydrogens (tertiary/aromatic N) is 4. The number of hydrogen-bond acceptors (Lipinski definition) is 9. The molecule has 14 heteroatoms. The Kier molecular flexibility index (Phi) is 8.12. The van der Waals surface area contributed by atoms with Crippen molar-refractivity contribution in [2.45, 2.75) is 29.1 Å². The van der Waals surface area contributed by atoms with Crippen molar-refractivity contribution in [3.8, 4) is 0 Å². The Morgan fingerprint density at radius 1 is 1.03 bits per heavy atom. The van der Waals surface area contributed by atoms with Crippen molar-refractivity contribution in [1.82, 2.24) is 14.2 Å². The van der Waals surface area contributed by atoms with Gasteiger partial charge in [0.15, 0.2) is 5.72 Å². The number of amides is 1. The summed E-state index contributed by atoms with van der Waals surface area (Å²) in [5.41, 5.74) is -0.548. The summed E-state index contributed by atoms with van der Waals surface area (Å²) in [7, 11) is -5.96. The zero-order chi connectivity index (χ0) is 27.6. The number of sulfonamides is 1. The van der Waals surface area contributed by atoms with Gasteiger partial charge in [-0.05, 0) is 37.1 Å². The molecular formula is C24H32N4O8S2. The van der Waals surface area contributed by atoms with Gasteiger partial charge in [-0.1, -0.05) is 18.2 Å². The number of piperazine rings is 1. The lowest BCUT2D eigenvalue weighted by molar-refractivity contribution is -0.194. The molecule has 1 amide bonds. The van der Waals surface area contributed by atoms with E-state index in [-0.39, 0.29) is 30.5 Å². The van der Waals surface area contributed by atoms with Crippen LogP contribution >= 0.6 is 0 Å². The number of ether oxygens (including phenoxy) is 2. The van der Waals surface area contributed by atoms with E-state index in [0.717, 1.165) is 31.6 Å². The Bertz CT molecular complexity index is 1330. The predicted octanol–water partition coefficient (Wildman–Crippen LogP) is 0.831. The average Bonchev–Trinajstić information content (AvgIpc) is 3.19. The number of carbonyl (C=O) groups excluding carboxylic acids is 1. The fourth-order valence-corrected chi connectivity index (χ4v) is 6.65. The van der Waals surface area contributed by atoms with Gasteiger partial charge >= 0.3 is 0 Å². The highest BCUT2D eigenvalue weighted by Gasteiger charge is 2.60. The molecule has 0 aliphatic carbocycles. The molecule has 1 atom stereocenters. The van der Waals surface area contributed by atoms with Gasteiger partial charge in [-0.15, -0.1) is 0 Å². The molecule has 0 saturated carbocycles. The van der Waals surface area contributed by atoms with Crippen LogP contribution in [0.1, 0.15) is 12.8 Å². The van der Waals surface area contributed by atoms with Crippen LogP contribution in [0, 0.1) is 0 Å². The van der Waals surface area contributed by atoms with Crippen LogP contribution in [0.4, 0.5) is 5.69 Å². The predicted molar refractivity (Wildman–Crippen MR) is 138 cm³/mol. The highest BCUT2D eigenvalue weighted by molar-refractivity contribution is 7.89. The molecule has 4 heterocycles. The largest absolute Gasteiger partial charge is 0.380 e. The lowest BCUT2D eigenvalue weighted by Crippen LogP contribution is -2.65. The number of piperidine rings is 1. The molecule has 3 aliphatic rings. The molecular weight excluding hydrogens is 536 g/mol. The fourth-order valence-electron chi connectivity index (χ4n) is 5.20. The van der Waals surface area contributed by atoms with Gasteiger partial charge in [-0.2, -0.15) is 12.7 Å². The smallest absolute Gasteiger partial charge is 0.261 e. The highest BCUT2D eigenvalue weighted by Crippen LogP contribution is 2.44. The standard InChI is InChI=1S/C23H28N4O5S.CH4O3S/c1-31-18-23-17-26(33(29,30)20-5-3-2-4-6-20)15-21(28)27(23)16-22(32-23)9-13-25(14-10-22)19-7-11-24-12-8-19;1-5(2,3)4/h2-8,11-12H,9-10,13-18H2,1H3;1H3,(H,2,3,4). The number of anilines is 1. The maximum Gasteiger partial charge on any atom is 0.261 e. The van der Waals surface area contributed by atoms with Crippen molar-refractivity contribution in [3.05, 3.63) is 54.9 Å². The molecule has 208 valence electrons. The van der Waals surface area contributed by atoms with Crippen molar-refractivity contribution in [2.75, 3.05) is 57.6 Å². The monoisotopic (exact) mass is 568 g/mol. The Morgan fingerprint density at radius 2 is 1.63 bits per heavy atom. The summed E-state index contributed by atoms with van der Waals surface area (Å²) >= 11 is 0. The molecule has 12 nitrogen and oxygen atoms in total. The van der Waals surface area contributed by atoms with Gasteiger partial charge in [-0.25, -0.2) is 8.42 Å². The summed E-state index contributed by atoms with van der Waals surface area (Å²) in [5.74, 6) is -0.258. The van der Waals surface area contributed by atoms with Gasteiger partial charge in [0.05, 0.1) is 43.0 Å². The second kappa shape index (κ2) is 10.9. The molecule has 5 rings (SSSR count). The molecule has 1 N–H and O–H groups in total. The fraction of sp³-hybridized carbons (Fsp3) is 0.500. The van der Waals surface area contributed by atoms with Crippen molar-refractivity contribution in [1.29, 1.82) is 0 Å². The van der Waals surface area contributed by atoms with E-state index in [4.69, 9.17) is 14.0 Å². The molecule has 38 heavy (non-hydrogen) atoms. The number of hydrogen-bond donors (Lipinski definition) is 1. The van der Waals surface area contributed by atoms with E-state index in [1.807, 2.05) is 12.1 Å². The number of aromatic nitrogens is 1. The highest BCUT2D eigenvalue weighted by atomic mass is 32.2. The van der Waals surface area contributed by atoms with Crippen molar-refractivity contribution in [2.24, 2.45) is 0 Å². The molecule has 3 aliphatic heterocycles. The van der Waals surface area contributed by atoms with Crippen LogP contribution in [-0.2, 0) is 34.4 Å². The zero-order valence-electron chi connectivity index (χ0n) is 21.3. The molecule has 1 aromatic heterocycles. The van der Waals surface area contributed by atoms with Gasteiger partial charge in [0.25, 0.3) is 10.1 Å². The lowest BCUT2D eigenvalue weighted by Gasteiger charge is -2.44. The van der Waals surface area contributed by atoms with E-state index in [0.29, 0.717) is 12.8 Å². The van der Waals surface area contributed by atoms with Crippen LogP contribution in [0.15, 0.2) is 59.8 Å². The van der Waals surface area contributed by atoms with E-state index in [1.165, 1.54) is 4.31 Å². The van der Waals surface area contributed by atoms with Crippen molar-refractivity contribution >= 4 is 31.7 Å². The minimum Gasteiger partial charge on any atom is -0.380 e. The minimum atomic E-state index is -3.84. The maximum absolute atomic E-state index is 13.3. The van der Waals surface area contributed by atoms with E-state index >= 15 is 0 Å². The molecule has 0 radical (unpaired) electrons. The van der Waals surface area contributed by atoms with Crippen LogP contribution < -0.4 is 4.90 Å². The first-order valence-corrected chi connectivity index (χ1v) is 15.3. The second-order valence-corrected chi connectivity index (χ2v) is 13.1. The second-order valence-electron chi connectivity index (χ2n) is 9.66. The first kappa shape index (κ1) is 28.4. The normalized spacial score (nSPS) is 23.6. The summed E-state index contributed by atoms with van der Waals surface area (Å²) in [6, 6.07) is 12.2. The van der Waals surface area contributed by atoms with E-state index in [9.17, 15) is 21.6 Å². The van der Waals surface area contributed by atoms with Crippen molar-refractivity contribution < 1.29 is 35.7 Å². The van der Waals surface area contributed by atoms with E-state index in [1.54, 1.807) is 54.7 Å². The van der Waals surface area contributed by atoms with E-state index in [2.05, 4.69) is 9.88 Å². The molecule has 3 saturated heterocycles. The first-order valence-electron chi connectivity index (χ1n) is 12.0. The summed E-state index contributed by atoms with van der Waals surface area (Å²) in [4.78, 5) is 21.5. The van der Waals surface area contributed by atoms with Gasteiger partial charge < -0.3 is 19.3 Å². The summed E-state index contributed by atoms with van der Waals surface area (Å²) in [6.07, 6.45) is 5.74. The zero-order valence-corrected chi connectivity index (χ0v) is 22.9. The molecule has 1 unspecified atom stereocenters. The van der Waals surface area contributed by atoms with Gasteiger partial charge in [0.1, 0.15) is 0 Å². The van der Waals surface area contributed by atoms with Crippen LogP contribution in [0.25, 0.3) is 0 Å². The molecule has 1 spiro atoms. The topological polar surface area (TPSA) is 147 Å². The third-order valence-corrected chi connectivity index (χ3v) is 8.64. The molecule has 0 bridgehead atoms. The Balaban J connectivity index is 0.000000617. The van der Waals surface area contributed by atoms with Crippen LogP contribution in [0.3, 0.4) is 0 Å². The number of benzene rings is 1. The van der Waals surface area contributed by atoms with Crippen molar-refractivity contribution in [3.63, 3.8) is 0 Å². The number of methoxy groups -OCH3 is 1. The van der Waals surface area contributed by atoms with Crippen LogP contribution in [-0.4, -0.2) is 106 Å². The average molecular weight is 569 g/mol. The molecule has 3 fully saturated rings. The summed E-state index contributed by atoms with van der Waals surface area (Å²) < 4.78 is 65.8. The third-order valence-electron chi connectivity index (χ3n) is 6.83. The SMILES string of the molecule is COCC12CN(S(=O)(=O)c3ccccc3)CC(=O)N1CC1(CCN(c3ccncc3)CC1)O2.CS(=O)(=O)O. The van der Waals surface area contributed by atoms with Crippen LogP contribution in [0.5, 0.6) is 0 Å². The Labute approximate surface area is 222 Å². The van der Waals surface area contributed by atoms with E-state index < -0.39 is 31.5 Å². The molecule has 2 aromatic rings. The van der Waals surface area contributed by atoms with Gasteiger partial charge in [-0.3, -0.25) is 14.3 Å². The number of pyridine rings is 1. The summed E-state index contributed by atoms with van der Waals surface area (Å²) in [6.45, 7) is 1.95. The first-order chi connectivity index (χ1) is 17.9. The third kappa shape index (κ3) is 6.16. The number of carbonyl (C=O) groups is 1. The number of rotatable bonds is 5. The lowest BCUT2D eigenvalue weighted by atomic mass is 9.91. The van der Waals surface area contributed by atoms with Gasteiger partial charge in [0.2, 0.25) is 15.9 Å². The quantitative estimate of drug-likeness (QED) is 0.515. The summed E-state index contributed by atoms with van der Waals surface area (Å²) in [5, 5.41) is 0. The van der Waals surface area contributed by atoms with Crippen LogP contribution in [0.2, 0.25) is 0 Å².